The number of hydrogen-bond acceptors (Lipinski definition) is 5. The number of rotatable bonds is 6. The number of benzene rings is 2. The standard InChI is InChI=1S/C24H28O5/c1-5-7-17-14-21-20(24(3,4)12-13-28-21)15-19(17)23(26)29-18-10-8-16(9-11-18)22(25)27-6-2/h8-11,14-15H,5-7,12-13H2,1-4H3. The molecule has 0 bridgehead atoms. The van der Waals surface area contributed by atoms with Crippen LogP contribution >= 0.6 is 0 Å². The minimum Gasteiger partial charge on any atom is -0.493 e. The summed E-state index contributed by atoms with van der Waals surface area (Å²) in [6.45, 7) is 9.16. The Labute approximate surface area is 172 Å². The fourth-order valence-electron chi connectivity index (χ4n) is 3.52. The minimum atomic E-state index is -0.401. The molecule has 0 aliphatic carbocycles. The van der Waals surface area contributed by atoms with Crippen molar-refractivity contribution in [1.29, 1.82) is 0 Å². The molecule has 0 saturated heterocycles. The molecule has 0 aromatic heterocycles. The fourth-order valence-corrected chi connectivity index (χ4v) is 3.52. The molecular weight excluding hydrogens is 368 g/mol. The van der Waals surface area contributed by atoms with E-state index in [0.717, 1.165) is 36.1 Å². The fraction of sp³-hybridized carbons (Fsp3) is 0.417. The van der Waals surface area contributed by atoms with Gasteiger partial charge in [0, 0.05) is 5.56 Å². The molecule has 1 heterocycles. The van der Waals surface area contributed by atoms with Gasteiger partial charge < -0.3 is 14.2 Å². The molecule has 154 valence electrons. The molecule has 0 amide bonds. The molecule has 0 radical (unpaired) electrons. The highest BCUT2D eigenvalue weighted by Crippen LogP contribution is 2.40. The maximum absolute atomic E-state index is 13.0. The van der Waals surface area contributed by atoms with Crippen molar-refractivity contribution in [1.82, 2.24) is 0 Å². The van der Waals surface area contributed by atoms with Crippen molar-refractivity contribution in [3.63, 3.8) is 0 Å². The summed E-state index contributed by atoms with van der Waals surface area (Å²) in [5.74, 6) is 0.452. The van der Waals surface area contributed by atoms with E-state index in [1.54, 1.807) is 31.2 Å². The highest BCUT2D eigenvalue weighted by molar-refractivity contribution is 5.94. The van der Waals surface area contributed by atoms with E-state index in [4.69, 9.17) is 14.2 Å². The van der Waals surface area contributed by atoms with Crippen LogP contribution in [0.1, 0.15) is 72.4 Å². The van der Waals surface area contributed by atoms with Crippen LogP contribution in [0, 0.1) is 0 Å². The van der Waals surface area contributed by atoms with E-state index in [0.29, 0.717) is 30.1 Å². The molecule has 0 spiro atoms. The second kappa shape index (κ2) is 8.68. The quantitative estimate of drug-likeness (QED) is 0.502. The molecule has 0 atom stereocenters. The van der Waals surface area contributed by atoms with Crippen molar-refractivity contribution in [2.75, 3.05) is 13.2 Å². The third-order valence-electron chi connectivity index (χ3n) is 5.23. The van der Waals surface area contributed by atoms with Gasteiger partial charge in [-0.15, -0.1) is 0 Å². The van der Waals surface area contributed by atoms with Gasteiger partial charge in [0.1, 0.15) is 11.5 Å². The lowest BCUT2D eigenvalue weighted by Gasteiger charge is -2.33. The van der Waals surface area contributed by atoms with Crippen molar-refractivity contribution in [3.05, 3.63) is 58.7 Å². The predicted molar refractivity (Wildman–Crippen MR) is 111 cm³/mol. The number of hydrogen-bond donors (Lipinski definition) is 0. The van der Waals surface area contributed by atoms with Gasteiger partial charge in [-0.2, -0.15) is 0 Å². The van der Waals surface area contributed by atoms with E-state index in [1.165, 1.54) is 0 Å². The van der Waals surface area contributed by atoms with Crippen LogP contribution in [0.15, 0.2) is 36.4 Å². The molecule has 1 aliphatic heterocycles. The topological polar surface area (TPSA) is 61.8 Å². The highest BCUT2D eigenvalue weighted by Gasteiger charge is 2.31. The predicted octanol–water partition coefficient (Wildman–Crippen LogP) is 5.10. The summed E-state index contributed by atoms with van der Waals surface area (Å²) in [6.07, 6.45) is 2.58. The van der Waals surface area contributed by atoms with Gasteiger partial charge in [-0.3, -0.25) is 0 Å². The SMILES string of the molecule is CCCc1cc2c(cc1C(=O)Oc1ccc(C(=O)OCC)cc1)C(C)(C)CCO2. The second-order valence-corrected chi connectivity index (χ2v) is 7.87. The summed E-state index contributed by atoms with van der Waals surface area (Å²) >= 11 is 0. The Morgan fingerprint density at radius 2 is 1.79 bits per heavy atom. The van der Waals surface area contributed by atoms with Crippen molar-refractivity contribution in [3.8, 4) is 11.5 Å². The van der Waals surface area contributed by atoms with Crippen molar-refractivity contribution >= 4 is 11.9 Å². The van der Waals surface area contributed by atoms with E-state index in [1.807, 2.05) is 12.1 Å². The van der Waals surface area contributed by atoms with E-state index >= 15 is 0 Å². The van der Waals surface area contributed by atoms with E-state index in [9.17, 15) is 9.59 Å². The second-order valence-electron chi connectivity index (χ2n) is 7.87. The monoisotopic (exact) mass is 396 g/mol. The molecular formula is C24H28O5. The molecule has 0 fully saturated rings. The summed E-state index contributed by atoms with van der Waals surface area (Å²) in [7, 11) is 0. The van der Waals surface area contributed by atoms with Gasteiger partial charge >= 0.3 is 11.9 Å². The average molecular weight is 396 g/mol. The van der Waals surface area contributed by atoms with Crippen molar-refractivity contribution < 1.29 is 23.8 Å². The smallest absolute Gasteiger partial charge is 0.343 e. The third kappa shape index (κ3) is 4.61. The Bertz CT molecular complexity index is 896. The van der Waals surface area contributed by atoms with Gasteiger partial charge in [-0.05, 0) is 67.1 Å². The number of aryl methyl sites for hydroxylation is 1. The van der Waals surface area contributed by atoms with Gasteiger partial charge in [0.05, 0.1) is 24.3 Å². The molecule has 2 aromatic rings. The number of fused-ring (bicyclic) bond motifs is 1. The number of esters is 2. The van der Waals surface area contributed by atoms with Crippen LogP contribution in [0.25, 0.3) is 0 Å². The lowest BCUT2D eigenvalue weighted by molar-refractivity contribution is 0.0526. The normalized spacial score (nSPS) is 14.5. The molecule has 3 rings (SSSR count). The first kappa shape index (κ1) is 20.9. The number of carbonyl (C=O) groups is 2. The Morgan fingerprint density at radius 3 is 2.45 bits per heavy atom. The first-order valence-electron chi connectivity index (χ1n) is 10.1. The molecule has 29 heavy (non-hydrogen) atoms. The molecule has 0 N–H and O–H groups in total. The summed E-state index contributed by atoms with van der Waals surface area (Å²) < 4.78 is 16.4. The Hall–Kier alpha value is -2.82. The lowest BCUT2D eigenvalue weighted by Crippen LogP contribution is -2.27. The van der Waals surface area contributed by atoms with Gasteiger partial charge in [0.2, 0.25) is 0 Å². The minimum absolute atomic E-state index is 0.0609. The van der Waals surface area contributed by atoms with Gasteiger partial charge in [-0.1, -0.05) is 27.2 Å². The van der Waals surface area contributed by atoms with Gasteiger partial charge in [-0.25, -0.2) is 9.59 Å². The van der Waals surface area contributed by atoms with Crippen molar-refractivity contribution in [2.24, 2.45) is 0 Å². The Balaban J connectivity index is 1.87. The van der Waals surface area contributed by atoms with E-state index in [2.05, 4.69) is 20.8 Å². The van der Waals surface area contributed by atoms with Crippen LogP contribution in [0.5, 0.6) is 11.5 Å². The largest absolute Gasteiger partial charge is 0.493 e. The highest BCUT2D eigenvalue weighted by atomic mass is 16.5. The van der Waals surface area contributed by atoms with Gasteiger partial charge in [0.15, 0.2) is 0 Å². The number of ether oxygens (including phenoxy) is 3. The first-order chi connectivity index (χ1) is 13.9. The summed E-state index contributed by atoms with van der Waals surface area (Å²) in [5, 5.41) is 0. The zero-order valence-electron chi connectivity index (χ0n) is 17.5. The molecule has 0 unspecified atom stereocenters. The average Bonchev–Trinajstić information content (AvgIpc) is 2.68. The lowest BCUT2D eigenvalue weighted by atomic mass is 9.78. The van der Waals surface area contributed by atoms with Crippen LogP contribution in [-0.4, -0.2) is 25.2 Å². The van der Waals surface area contributed by atoms with E-state index in [-0.39, 0.29) is 5.41 Å². The Kier molecular flexibility index (Phi) is 6.26. The van der Waals surface area contributed by atoms with Gasteiger partial charge in [0.25, 0.3) is 0 Å². The maximum atomic E-state index is 13.0. The number of carbonyl (C=O) groups excluding carboxylic acids is 2. The van der Waals surface area contributed by atoms with Crippen LogP contribution < -0.4 is 9.47 Å². The Morgan fingerprint density at radius 1 is 1.07 bits per heavy atom. The molecule has 2 aromatic carbocycles. The molecule has 1 aliphatic rings. The maximum Gasteiger partial charge on any atom is 0.343 e. The summed E-state index contributed by atoms with van der Waals surface area (Å²) in [5.41, 5.74) is 2.89. The molecule has 5 nitrogen and oxygen atoms in total. The van der Waals surface area contributed by atoms with Crippen LogP contribution in [0.3, 0.4) is 0 Å². The zero-order chi connectivity index (χ0) is 21.0. The zero-order valence-corrected chi connectivity index (χ0v) is 17.5. The van der Waals surface area contributed by atoms with E-state index < -0.39 is 11.9 Å². The summed E-state index contributed by atoms with van der Waals surface area (Å²) in [4.78, 5) is 24.7. The first-order valence-corrected chi connectivity index (χ1v) is 10.1. The van der Waals surface area contributed by atoms with Crippen molar-refractivity contribution in [2.45, 2.75) is 52.4 Å². The van der Waals surface area contributed by atoms with Crippen LogP contribution in [0.4, 0.5) is 0 Å². The molecule has 5 heteroatoms. The van der Waals surface area contributed by atoms with Crippen LogP contribution in [-0.2, 0) is 16.6 Å². The third-order valence-corrected chi connectivity index (χ3v) is 5.23. The van der Waals surface area contributed by atoms with Crippen LogP contribution in [0.2, 0.25) is 0 Å². The summed E-state index contributed by atoms with van der Waals surface area (Å²) in [6, 6.07) is 10.3. The molecule has 0 saturated carbocycles.